The zero-order valence-electron chi connectivity index (χ0n) is 15.6. The largest absolute Gasteiger partial charge is 0.507 e. The number of ketones is 1. The second-order valence-electron chi connectivity index (χ2n) is 5.96. The number of carbonyl (C=O) groups is 1. The van der Waals surface area contributed by atoms with E-state index >= 15 is 0 Å². The van der Waals surface area contributed by atoms with E-state index in [-0.39, 0.29) is 17.1 Å². The summed E-state index contributed by atoms with van der Waals surface area (Å²) in [4.78, 5) is 12.5. The van der Waals surface area contributed by atoms with Gasteiger partial charge < -0.3 is 20.5 Å². The highest BCUT2D eigenvalue weighted by atomic mass is 35.5. The van der Waals surface area contributed by atoms with E-state index in [0.29, 0.717) is 17.3 Å². The van der Waals surface area contributed by atoms with Gasteiger partial charge in [-0.2, -0.15) is 0 Å². The summed E-state index contributed by atoms with van der Waals surface area (Å²) >= 11 is 5.86. The molecule has 0 fully saturated rings. The van der Waals surface area contributed by atoms with Crippen LogP contribution >= 0.6 is 11.6 Å². The smallest absolute Gasteiger partial charge is 0.189 e. The van der Waals surface area contributed by atoms with Gasteiger partial charge in [-0.25, -0.2) is 0 Å². The van der Waals surface area contributed by atoms with Gasteiger partial charge in [0.25, 0.3) is 0 Å². The summed E-state index contributed by atoms with van der Waals surface area (Å²) in [6, 6.07) is 10.3. The zero-order valence-corrected chi connectivity index (χ0v) is 16.3. The Hall–Kier alpha value is -2.34. The highest BCUT2D eigenvalue weighted by molar-refractivity contribution is 6.30. The van der Waals surface area contributed by atoms with Gasteiger partial charge in [0.1, 0.15) is 11.5 Å². The quantitative estimate of drug-likeness (QED) is 0.329. The van der Waals surface area contributed by atoms with Gasteiger partial charge in [-0.05, 0) is 36.4 Å². The number of nitrogens with one attached hydrogen (secondary N) is 2. The molecule has 0 heterocycles. The molecule has 0 aliphatic rings. The van der Waals surface area contributed by atoms with Gasteiger partial charge >= 0.3 is 0 Å². The van der Waals surface area contributed by atoms with Crippen LogP contribution in [0.3, 0.4) is 0 Å². The number of benzene rings is 2. The van der Waals surface area contributed by atoms with E-state index in [1.165, 1.54) is 12.1 Å². The lowest BCUT2D eigenvalue weighted by molar-refractivity contribution is 0.104. The van der Waals surface area contributed by atoms with E-state index in [9.17, 15) is 9.90 Å². The van der Waals surface area contributed by atoms with Crippen molar-refractivity contribution in [2.24, 2.45) is 0 Å². The Morgan fingerprint density at radius 1 is 1.19 bits per heavy atom. The molecule has 27 heavy (non-hydrogen) atoms. The maximum absolute atomic E-state index is 12.5. The number of ether oxygens (including phenoxy) is 1. The summed E-state index contributed by atoms with van der Waals surface area (Å²) in [7, 11) is 1.54. The summed E-state index contributed by atoms with van der Waals surface area (Å²) in [5, 5.41) is 17.4. The number of halogens is 1. The van der Waals surface area contributed by atoms with Crippen LogP contribution in [0.5, 0.6) is 11.5 Å². The van der Waals surface area contributed by atoms with Crippen molar-refractivity contribution in [1.82, 2.24) is 10.6 Å². The number of carbonyl (C=O) groups excluding carboxylic acids is 1. The number of aromatic hydroxyl groups is 1. The minimum atomic E-state index is -0.279. The molecule has 2 rings (SSSR count). The second-order valence-corrected chi connectivity index (χ2v) is 6.40. The number of hydrogen-bond acceptors (Lipinski definition) is 5. The van der Waals surface area contributed by atoms with Crippen molar-refractivity contribution >= 4 is 23.5 Å². The topological polar surface area (TPSA) is 70.6 Å². The molecule has 0 bridgehead atoms. The van der Waals surface area contributed by atoms with Crippen LogP contribution in [0.4, 0.5) is 0 Å². The summed E-state index contributed by atoms with van der Waals surface area (Å²) in [6.07, 6.45) is 3.13. The molecule has 0 saturated heterocycles. The minimum absolute atomic E-state index is 0.103. The van der Waals surface area contributed by atoms with Gasteiger partial charge in [-0.15, -0.1) is 0 Å². The third kappa shape index (κ3) is 6.40. The van der Waals surface area contributed by atoms with Crippen LogP contribution in [-0.2, 0) is 6.54 Å². The van der Waals surface area contributed by atoms with Crippen molar-refractivity contribution in [3.63, 3.8) is 0 Å². The van der Waals surface area contributed by atoms with Crippen LogP contribution in [-0.4, -0.2) is 37.6 Å². The zero-order chi connectivity index (χ0) is 19.6. The molecule has 0 aromatic heterocycles. The van der Waals surface area contributed by atoms with E-state index in [4.69, 9.17) is 16.3 Å². The molecule has 0 saturated carbocycles. The second kappa shape index (κ2) is 10.7. The SMILES string of the molecule is CCNCCNCc1cc(C(=O)/C=C/c2ccc(Cl)cc2)c(O)cc1OC. The highest BCUT2D eigenvalue weighted by Crippen LogP contribution is 2.29. The van der Waals surface area contributed by atoms with Gasteiger partial charge in [0.2, 0.25) is 0 Å². The summed E-state index contributed by atoms with van der Waals surface area (Å²) in [6.45, 7) is 5.15. The number of phenols is 1. The van der Waals surface area contributed by atoms with Crippen LogP contribution in [0.25, 0.3) is 6.08 Å². The fraction of sp³-hybridized carbons (Fsp3) is 0.286. The molecule has 144 valence electrons. The Labute approximate surface area is 165 Å². The Morgan fingerprint density at radius 3 is 2.56 bits per heavy atom. The van der Waals surface area contributed by atoms with Gasteiger partial charge in [-0.3, -0.25) is 4.79 Å². The normalized spacial score (nSPS) is 11.1. The molecule has 0 radical (unpaired) electrons. The van der Waals surface area contributed by atoms with Crippen LogP contribution in [0.1, 0.15) is 28.4 Å². The number of phenolic OH excluding ortho intramolecular Hbond substituents is 1. The fourth-order valence-corrected chi connectivity index (χ4v) is 2.68. The van der Waals surface area contributed by atoms with E-state index < -0.39 is 0 Å². The van der Waals surface area contributed by atoms with Gasteiger partial charge in [0.05, 0.1) is 12.7 Å². The van der Waals surface area contributed by atoms with Gasteiger partial charge in [0.15, 0.2) is 5.78 Å². The number of likely N-dealkylation sites (N-methyl/N-ethyl adjacent to an activating group) is 1. The molecule has 5 nitrogen and oxygen atoms in total. The molecular formula is C21H25ClN2O3. The third-order valence-electron chi connectivity index (χ3n) is 4.01. The van der Waals surface area contributed by atoms with Crippen LogP contribution in [0.15, 0.2) is 42.5 Å². The maximum Gasteiger partial charge on any atom is 0.189 e. The lowest BCUT2D eigenvalue weighted by Gasteiger charge is -2.12. The molecule has 6 heteroatoms. The molecule has 0 atom stereocenters. The molecule has 2 aromatic rings. The van der Waals surface area contributed by atoms with Crippen molar-refractivity contribution in [1.29, 1.82) is 0 Å². The molecule has 0 unspecified atom stereocenters. The Kier molecular flexibility index (Phi) is 8.33. The molecule has 2 aromatic carbocycles. The first kappa shape index (κ1) is 21.0. The van der Waals surface area contributed by atoms with Gasteiger partial charge in [-0.1, -0.05) is 36.7 Å². The van der Waals surface area contributed by atoms with E-state index in [1.54, 1.807) is 31.4 Å². The molecule has 0 spiro atoms. The monoisotopic (exact) mass is 388 g/mol. The molecule has 0 aliphatic heterocycles. The first-order chi connectivity index (χ1) is 13.0. The first-order valence-corrected chi connectivity index (χ1v) is 9.22. The molecule has 3 N–H and O–H groups in total. The lowest BCUT2D eigenvalue weighted by Crippen LogP contribution is -2.26. The predicted molar refractivity (Wildman–Crippen MR) is 110 cm³/mol. The molecule has 0 aliphatic carbocycles. The number of methoxy groups -OCH3 is 1. The lowest BCUT2D eigenvalue weighted by atomic mass is 10.0. The molecule has 0 amide bonds. The van der Waals surface area contributed by atoms with Crippen molar-refractivity contribution in [3.05, 3.63) is 64.2 Å². The van der Waals surface area contributed by atoms with E-state index in [1.807, 2.05) is 12.1 Å². The van der Waals surface area contributed by atoms with Gasteiger partial charge in [0, 0.05) is 36.3 Å². The summed E-state index contributed by atoms with van der Waals surface area (Å²) < 4.78 is 5.32. The van der Waals surface area contributed by atoms with E-state index in [0.717, 1.165) is 30.8 Å². The van der Waals surface area contributed by atoms with Crippen LogP contribution < -0.4 is 15.4 Å². The summed E-state index contributed by atoms with van der Waals surface area (Å²) in [5.74, 6) is 0.162. The number of rotatable bonds is 10. The maximum atomic E-state index is 12.5. The van der Waals surface area contributed by atoms with Crippen molar-refractivity contribution in [2.75, 3.05) is 26.7 Å². The average molecular weight is 389 g/mol. The predicted octanol–water partition coefficient (Wildman–Crippen LogP) is 3.65. The summed E-state index contributed by atoms with van der Waals surface area (Å²) in [5.41, 5.74) is 1.91. The standard InChI is InChI=1S/C21H25ClN2O3/c1-3-23-10-11-24-14-16-12-18(20(26)13-21(16)27-2)19(25)9-6-15-4-7-17(22)8-5-15/h4-9,12-13,23-24,26H,3,10-11,14H2,1-2H3/b9-6+. The minimum Gasteiger partial charge on any atom is -0.507 e. The fourth-order valence-electron chi connectivity index (χ4n) is 2.55. The molecular weight excluding hydrogens is 364 g/mol. The van der Waals surface area contributed by atoms with Crippen molar-refractivity contribution < 1.29 is 14.6 Å². The third-order valence-corrected chi connectivity index (χ3v) is 4.26. The van der Waals surface area contributed by atoms with Crippen LogP contribution in [0, 0.1) is 0 Å². The number of allylic oxidation sites excluding steroid dienone is 1. The highest BCUT2D eigenvalue weighted by Gasteiger charge is 2.14. The number of hydrogen-bond donors (Lipinski definition) is 3. The first-order valence-electron chi connectivity index (χ1n) is 8.84. The van der Waals surface area contributed by atoms with Crippen molar-refractivity contribution in [3.8, 4) is 11.5 Å². The van der Waals surface area contributed by atoms with Crippen molar-refractivity contribution in [2.45, 2.75) is 13.5 Å². The average Bonchev–Trinajstić information content (AvgIpc) is 2.67. The Balaban J connectivity index is 2.13. The van der Waals surface area contributed by atoms with Crippen LogP contribution in [0.2, 0.25) is 5.02 Å². The Bertz CT molecular complexity index is 789. The van der Waals surface area contributed by atoms with E-state index in [2.05, 4.69) is 17.6 Å². The Morgan fingerprint density at radius 2 is 1.89 bits per heavy atom.